The Kier molecular flexibility index (Phi) is 4.04. The maximum Gasteiger partial charge on any atom is 0.356 e. The van der Waals surface area contributed by atoms with Crippen molar-refractivity contribution in [3.63, 3.8) is 0 Å². The number of methoxy groups -OCH3 is 1. The summed E-state index contributed by atoms with van der Waals surface area (Å²) in [6.45, 7) is 0. The molecule has 0 atom stereocenters. The van der Waals surface area contributed by atoms with Crippen molar-refractivity contribution in [3.05, 3.63) is 65.3 Å². The van der Waals surface area contributed by atoms with E-state index in [0.717, 1.165) is 5.56 Å². The Hall–Kier alpha value is -2.79. The van der Waals surface area contributed by atoms with Crippen molar-refractivity contribution in [1.29, 1.82) is 0 Å². The number of benzene rings is 2. The van der Waals surface area contributed by atoms with Gasteiger partial charge in [0.2, 0.25) is 0 Å². The number of aromatic carboxylic acids is 1. The number of hydrogen-bond acceptors (Lipinski definition) is 3. The molecule has 3 rings (SSSR count). The summed E-state index contributed by atoms with van der Waals surface area (Å²) >= 11 is 6.23. The molecule has 0 radical (unpaired) electrons. The Balaban J connectivity index is 2.23. The first-order chi connectivity index (χ1) is 11.1. The first-order valence-corrected chi connectivity index (χ1v) is 7.20. The Bertz CT molecular complexity index is 874. The summed E-state index contributed by atoms with van der Waals surface area (Å²) in [6.07, 6.45) is 0. The van der Waals surface area contributed by atoms with Crippen LogP contribution in [0.3, 0.4) is 0 Å². The van der Waals surface area contributed by atoms with Gasteiger partial charge in [0.05, 0.1) is 23.5 Å². The standard InChI is InChI=1S/C17H13ClN2O3/c1-23-12-6-4-5-11(9-12)16-10-14(17(21)22)19-20(16)15-8-3-2-7-13(15)18/h2-10H,1H3,(H,21,22). The lowest BCUT2D eigenvalue weighted by atomic mass is 10.1. The van der Waals surface area contributed by atoms with Crippen LogP contribution in [-0.2, 0) is 0 Å². The molecule has 0 bridgehead atoms. The van der Waals surface area contributed by atoms with Gasteiger partial charge < -0.3 is 9.84 Å². The monoisotopic (exact) mass is 328 g/mol. The minimum absolute atomic E-state index is 0.0530. The minimum atomic E-state index is -1.10. The number of carboxylic acid groups (broad SMARTS) is 1. The number of para-hydroxylation sites is 1. The Labute approximate surface area is 137 Å². The lowest BCUT2D eigenvalue weighted by Crippen LogP contribution is -2.03. The molecule has 1 aromatic heterocycles. The van der Waals surface area contributed by atoms with Gasteiger partial charge in [-0.25, -0.2) is 9.48 Å². The molecule has 0 amide bonds. The average Bonchev–Trinajstić information content (AvgIpc) is 3.01. The van der Waals surface area contributed by atoms with Crippen LogP contribution in [0, 0.1) is 0 Å². The zero-order chi connectivity index (χ0) is 16.4. The average molecular weight is 329 g/mol. The Morgan fingerprint density at radius 2 is 1.96 bits per heavy atom. The molecular weight excluding hydrogens is 316 g/mol. The van der Waals surface area contributed by atoms with E-state index >= 15 is 0 Å². The highest BCUT2D eigenvalue weighted by atomic mass is 35.5. The largest absolute Gasteiger partial charge is 0.497 e. The summed E-state index contributed by atoms with van der Waals surface area (Å²) in [4.78, 5) is 11.3. The Morgan fingerprint density at radius 3 is 2.65 bits per heavy atom. The molecule has 0 saturated carbocycles. The van der Waals surface area contributed by atoms with Crippen LogP contribution < -0.4 is 4.74 Å². The number of ether oxygens (including phenoxy) is 1. The quantitative estimate of drug-likeness (QED) is 0.789. The zero-order valence-corrected chi connectivity index (χ0v) is 13.0. The lowest BCUT2D eigenvalue weighted by Gasteiger charge is -2.10. The van der Waals surface area contributed by atoms with E-state index in [0.29, 0.717) is 22.2 Å². The van der Waals surface area contributed by atoms with Crippen molar-refractivity contribution in [2.75, 3.05) is 7.11 Å². The number of carbonyl (C=O) groups is 1. The van der Waals surface area contributed by atoms with Crippen molar-refractivity contribution in [3.8, 4) is 22.7 Å². The van der Waals surface area contributed by atoms with E-state index in [4.69, 9.17) is 16.3 Å². The fourth-order valence-corrected chi connectivity index (χ4v) is 2.50. The number of rotatable bonds is 4. The zero-order valence-electron chi connectivity index (χ0n) is 12.2. The van der Waals surface area contributed by atoms with E-state index in [9.17, 15) is 9.90 Å². The van der Waals surface area contributed by atoms with E-state index in [1.165, 1.54) is 10.7 Å². The van der Waals surface area contributed by atoms with Gasteiger partial charge in [-0.05, 0) is 30.3 Å². The van der Waals surface area contributed by atoms with Gasteiger partial charge in [0.25, 0.3) is 0 Å². The molecule has 116 valence electrons. The maximum atomic E-state index is 11.3. The van der Waals surface area contributed by atoms with Crippen LogP contribution in [0.5, 0.6) is 5.75 Å². The van der Waals surface area contributed by atoms with Gasteiger partial charge in [0, 0.05) is 5.56 Å². The second-order valence-corrected chi connectivity index (χ2v) is 5.22. The van der Waals surface area contributed by atoms with E-state index in [1.807, 2.05) is 30.3 Å². The predicted octanol–water partition coefficient (Wildman–Crippen LogP) is 3.90. The lowest BCUT2D eigenvalue weighted by molar-refractivity contribution is 0.0690. The molecule has 0 aliphatic rings. The predicted molar refractivity (Wildman–Crippen MR) is 87.5 cm³/mol. The third-order valence-electron chi connectivity index (χ3n) is 3.37. The van der Waals surface area contributed by atoms with Crippen LogP contribution in [0.2, 0.25) is 5.02 Å². The fraction of sp³-hybridized carbons (Fsp3) is 0.0588. The van der Waals surface area contributed by atoms with Crippen LogP contribution in [-0.4, -0.2) is 28.0 Å². The highest BCUT2D eigenvalue weighted by Crippen LogP contribution is 2.29. The second kappa shape index (κ2) is 6.14. The first kappa shape index (κ1) is 15.1. The van der Waals surface area contributed by atoms with Gasteiger partial charge in [-0.15, -0.1) is 0 Å². The highest BCUT2D eigenvalue weighted by molar-refractivity contribution is 6.32. The van der Waals surface area contributed by atoms with Crippen LogP contribution in [0.25, 0.3) is 16.9 Å². The number of hydrogen-bond donors (Lipinski definition) is 1. The van der Waals surface area contributed by atoms with Crippen LogP contribution in [0.1, 0.15) is 10.5 Å². The Morgan fingerprint density at radius 1 is 1.17 bits per heavy atom. The molecule has 0 aliphatic carbocycles. The van der Waals surface area contributed by atoms with E-state index < -0.39 is 5.97 Å². The summed E-state index contributed by atoms with van der Waals surface area (Å²) in [7, 11) is 1.58. The number of nitrogens with zero attached hydrogens (tertiary/aromatic N) is 2. The smallest absolute Gasteiger partial charge is 0.356 e. The molecule has 0 unspecified atom stereocenters. The van der Waals surface area contributed by atoms with Crippen molar-refractivity contribution >= 4 is 17.6 Å². The van der Waals surface area contributed by atoms with Crippen molar-refractivity contribution in [1.82, 2.24) is 9.78 Å². The summed E-state index contributed by atoms with van der Waals surface area (Å²) in [5.41, 5.74) is 1.96. The fourth-order valence-electron chi connectivity index (χ4n) is 2.28. The molecule has 23 heavy (non-hydrogen) atoms. The molecule has 2 aromatic carbocycles. The van der Waals surface area contributed by atoms with Crippen LogP contribution in [0.15, 0.2) is 54.6 Å². The topological polar surface area (TPSA) is 64.3 Å². The normalized spacial score (nSPS) is 10.5. The summed E-state index contributed by atoms with van der Waals surface area (Å²) in [6, 6.07) is 16.0. The van der Waals surface area contributed by atoms with Gasteiger partial charge in [0.1, 0.15) is 5.75 Å². The van der Waals surface area contributed by atoms with Gasteiger partial charge in [0.15, 0.2) is 5.69 Å². The minimum Gasteiger partial charge on any atom is -0.497 e. The number of carboxylic acids is 1. The second-order valence-electron chi connectivity index (χ2n) is 4.82. The third-order valence-corrected chi connectivity index (χ3v) is 3.69. The molecule has 5 nitrogen and oxygen atoms in total. The SMILES string of the molecule is COc1cccc(-c2cc(C(=O)O)nn2-c2ccccc2Cl)c1. The van der Waals surface area contributed by atoms with Gasteiger partial charge >= 0.3 is 5.97 Å². The van der Waals surface area contributed by atoms with Gasteiger partial charge in [-0.2, -0.15) is 5.10 Å². The van der Waals surface area contributed by atoms with Crippen molar-refractivity contribution in [2.45, 2.75) is 0 Å². The molecule has 3 aromatic rings. The molecule has 0 saturated heterocycles. The molecule has 1 N–H and O–H groups in total. The summed E-state index contributed by atoms with van der Waals surface area (Å²) in [5, 5.41) is 13.9. The molecule has 0 spiro atoms. The number of halogens is 1. The van der Waals surface area contributed by atoms with E-state index in [-0.39, 0.29) is 5.69 Å². The van der Waals surface area contributed by atoms with Crippen LogP contribution in [0.4, 0.5) is 0 Å². The highest BCUT2D eigenvalue weighted by Gasteiger charge is 2.17. The first-order valence-electron chi connectivity index (χ1n) is 6.83. The maximum absolute atomic E-state index is 11.3. The van der Waals surface area contributed by atoms with Crippen LogP contribution >= 0.6 is 11.6 Å². The third kappa shape index (κ3) is 2.91. The van der Waals surface area contributed by atoms with Crippen molar-refractivity contribution < 1.29 is 14.6 Å². The molecule has 0 fully saturated rings. The van der Waals surface area contributed by atoms with Gasteiger partial charge in [-0.3, -0.25) is 0 Å². The molecule has 1 heterocycles. The summed E-state index contributed by atoms with van der Waals surface area (Å²) in [5.74, 6) is -0.425. The summed E-state index contributed by atoms with van der Waals surface area (Å²) < 4.78 is 6.76. The van der Waals surface area contributed by atoms with Crippen molar-refractivity contribution in [2.24, 2.45) is 0 Å². The van der Waals surface area contributed by atoms with E-state index in [2.05, 4.69) is 5.10 Å². The molecule has 6 heteroatoms. The van der Waals surface area contributed by atoms with Gasteiger partial charge in [-0.1, -0.05) is 35.9 Å². The molecule has 0 aliphatic heterocycles. The van der Waals surface area contributed by atoms with E-state index in [1.54, 1.807) is 25.3 Å². The number of aromatic nitrogens is 2. The molecular formula is C17H13ClN2O3.